The third-order valence-corrected chi connectivity index (χ3v) is 3.89. The van der Waals surface area contributed by atoms with E-state index in [1.807, 2.05) is 42.5 Å². The molecule has 0 fully saturated rings. The highest BCUT2D eigenvalue weighted by molar-refractivity contribution is 6.50. The van der Waals surface area contributed by atoms with Crippen LogP contribution in [0.3, 0.4) is 0 Å². The van der Waals surface area contributed by atoms with Crippen molar-refractivity contribution in [2.75, 3.05) is 27.4 Å². The summed E-state index contributed by atoms with van der Waals surface area (Å²) < 4.78 is 55.4. The van der Waals surface area contributed by atoms with Crippen LogP contribution < -0.4 is 15.1 Å². The maximum atomic E-state index is 9.75. The lowest BCUT2D eigenvalue weighted by Gasteiger charge is -2.04. The van der Waals surface area contributed by atoms with Gasteiger partial charge in [-0.05, 0) is 36.4 Å². The fraction of sp³-hybridized carbons (Fsp3) is 0.250. The first-order chi connectivity index (χ1) is 13.8. The summed E-state index contributed by atoms with van der Waals surface area (Å²) in [5, 5.41) is 2.14. The van der Waals surface area contributed by atoms with Gasteiger partial charge in [-0.15, -0.1) is 0 Å². The number of hydrogen-bond acceptors (Lipinski definition) is 3. The smallest absolute Gasteiger partial charge is 0.497 e. The van der Waals surface area contributed by atoms with Gasteiger partial charge >= 0.3 is 7.25 Å². The molecular weight excluding hydrogens is 389 g/mol. The van der Waals surface area contributed by atoms with E-state index in [0.717, 1.165) is 53.0 Å². The Bertz CT molecular complexity index is 966. The first-order valence-corrected chi connectivity index (χ1v) is 8.92. The van der Waals surface area contributed by atoms with Crippen LogP contribution in [0.5, 0.6) is 5.75 Å². The molecule has 0 aliphatic carbocycles. The van der Waals surface area contributed by atoms with Crippen molar-refractivity contribution < 1.29 is 36.1 Å². The van der Waals surface area contributed by atoms with Crippen LogP contribution in [0.25, 0.3) is 22.3 Å². The summed E-state index contributed by atoms with van der Waals surface area (Å²) in [6.45, 7) is 1.59. The van der Waals surface area contributed by atoms with Gasteiger partial charge in [0, 0.05) is 19.1 Å². The molecule has 0 unspecified atom stereocenters. The summed E-state index contributed by atoms with van der Waals surface area (Å²) in [5.74, 6) is 1.66. The Morgan fingerprint density at radius 1 is 0.966 bits per heavy atom. The van der Waals surface area contributed by atoms with Gasteiger partial charge in [0.15, 0.2) is 0 Å². The molecule has 1 aromatic heterocycles. The molecule has 0 aliphatic rings. The lowest BCUT2D eigenvalue weighted by Crippen LogP contribution is -2.76. The van der Waals surface area contributed by atoms with Crippen LogP contribution in [0.2, 0.25) is 0 Å². The number of rotatable bonds is 6. The van der Waals surface area contributed by atoms with Crippen LogP contribution in [0.1, 0.15) is 6.42 Å². The van der Waals surface area contributed by atoms with Crippen molar-refractivity contribution in [1.29, 1.82) is 0 Å². The van der Waals surface area contributed by atoms with Gasteiger partial charge in [-0.3, -0.25) is 0 Å². The number of methoxy groups -OCH3 is 2. The molecule has 0 bridgehead atoms. The van der Waals surface area contributed by atoms with Crippen molar-refractivity contribution in [3.05, 3.63) is 60.0 Å². The van der Waals surface area contributed by atoms with Crippen LogP contribution in [-0.2, 0) is 4.74 Å². The second-order valence-electron chi connectivity index (χ2n) is 6.02. The zero-order valence-electron chi connectivity index (χ0n) is 16.1. The van der Waals surface area contributed by atoms with Crippen LogP contribution in [0, 0.1) is 0 Å². The summed E-state index contributed by atoms with van der Waals surface area (Å²) in [6.07, 6.45) is 0.953. The van der Waals surface area contributed by atoms with Gasteiger partial charge in [0.05, 0.1) is 25.2 Å². The third-order valence-electron chi connectivity index (χ3n) is 3.89. The number of halogens is 4. The predicted molar refractivity (Wildman–Crippen MR) is 104 cm³/mol. The normalized spacial score (nSPS) is 11.9. The summed E-state index contributed by atoms with van der Waals surface area (Å²) in [4.78, 5) is 3.49. The molecule has 0 aliphatic heterocycles. The molecule has 156 valence electrons. The Balaban J connectivity index is 0.000000537. The quantitative estimate of drug-likeness (QED) is 0.384. The lowest BCUT2D eigenvalue weighted by molar-refractivity contribution is -0.500. The minimum absolute atomic E-state index is 0.744. The topological polar surface area (TPSA) is 45.6 Å². The molecule has 9 heteroatoms. The van der Waals surface area contributed by atoms with Gasteiger partial charge in [-0.2, -0.15) is 0 Å². The Hall–Kier alpha value is -2.81. The average Bonchev–Trinajstić information content (AvgIpc) is 2.70. The molecule has 4 nitrogen and oxygen atoms in total. The molecule has 0 spiro atoms. The lowest BCUT2D eigenvalue weighted by atomic mass is 10.1. The molecule has 29 heavy (non-hydrogen) atoms. The molecule has 0 saturated heterocycles. The molecule has 1 N–H and O–H groups in total. The van der Waals surface area contributed by atoms with Crippen LogP contribution in [0.15, 0.2) is 59.0 Å². The second-order valence-corrected chi connectivity index (χ2v) is 6.02. The number of para-hydroxylation sites is 1. The number of benzene rings is 2. The van der Waals surface area contributed by atoms with Gasteiger partial charge in [0.25, 0.3) is 0 Å². The van der Waals surface area contributed by atoms with Gasteiger partial charge in [-0.1, -0.05) is 12.1 Å². The van der Waals surface area contributed by atoms with E-state index in [-0.39, 0.29) is 0 Å². The first kappa shape index (κ1) is 22.5. The summed E-state index contributed by atoms with van der Waals surface area (Å²) in [7, 11) is -2.62. The molecule has 0 saturated carbocycles. The monoisotopic (exact) mass is 411 g/mol. The van der Waals surface area contributed by atoms with Crippen molar-refractivity contribution in [3.8, 4) is 17.1 Å². The highest BCUT2D eigenvalue weighted by Gasteiger charge is 2.20. The van der Waals surface area contributed by atoms with Crippen molar-refractivity contribution >= 4 is 18.2 Å². The maximum absolute atomic E-state index is 9.75. The fourth-order valence-electron chi connectivity index (χ4n) is 2.62. The van der Waals surface area contributed by atoms with E-state index in [9.17, 15) is 17.3 Å². The maximum Gasteiger partial charge on any atom is 0.673 e. The average molecular weight is 411 g/mol. The minimum Gasteiger partial charge on any atom is -0.497 e. The Morgan fingerprint density at radius 2 is 1.62 bits per heavy atom. The van der Waals surface area contributed by atoms with Gasteiger partial charge in [-0.25, -0.2) is 4.99 Å². The van der Waals surface area contributed by atoms with Crippen molar-refractivity contribution in [2.45, 2.75) is 6.42 Å². The number of fused-ring (bicyclic) bond motifs is 1. The minimum atomic E-state index is -6.00. The molecular formula is C20H22BF4NO3. The fourth-order valence-corrected chi connectivity index (χ4v) is 2.62. The largest absolute Gasteiger partial charge is 0.673 e. The SMILES string of the molecule is COCCC[NH+]=c1cc(-c2ccc(OC)cc2)oc2ccccc12.F[B-](F)(F)F. The van der Waals surface area contributed by atoms with Gasteiger partial charge in [0.1, 0.15) is 23.6 Å². The van der Waals surface area contributed by atoms with Crippen molar-refractivity contribution in [3.63, 3.8) is 0 Å². The molecule has 0 radical (unpaired) electrons. The van der Waals surface area contributed by atoms with Crippen LogP contribution in [-0.4, -0.2) is 34.6 Å². The van der Waals surface area contributed by atoms with E-state index in [1.54, 1.807) is 14.2 Å². The summed E-state index contributed by atoms with van der Waals surface area (Å²) in [5.41, 5.74) is 1.88. The van der Waals surface area contributed by atoms with Gasteiger partial charge in [0.2, 0.25) is 5.36 Å². The molecule has 1 heterocycles. The van der Waals surface area contributed by atoms with E-state index in [0.29, 0.717) is 0 Å². The molecule has 3 aromatic rings. The third kappa shape index (κ3) is 7.61. The molecule has 3 rings (SSSR count). The van der Waals surface area contributed by atoms with E-state index < -0.39 is 7.25 Å². The predicted octanol–water partition coefficient (Wildman–Crippen LogP) is 3.43. The number of ether oxygens (including phenoxy) is 2. The highest BCUT2D eigenvalue weighted by Crippen LogP contribution is 2.23. The highest BCUT2D eigenvalue weighted by atomic mass is 19.5. The molecule has 2 aromatic carbocycles. The zero-order valence-corrected chi connectivity index (χ0v) is 16.1. The second kappa shape index (κ2) is 10.7. The summed E-state index contributed by atoms with van der Waals surface area (Å²) >= 11 is 0. The van der Waals surface area contributed by atoms with E-state index in [1.165, 1.54) is 0 Å². The van der Waals surface area contributed by atoms with E-state index in [4.69, 9.17) is 13.9 Å². The molecule has 0 atom stereocenters. The Kier molecular flexibility index (Phi) is 8.27. The number of hydrogen-bond donors (Lipinski definition) is 1. The van der Waals surface area contributed by atoms with Crippen molar-refractivity contribution in [1.82, 2.24) is 0 Å². The zero-order chi connectivity index (χ0) is 21.3. The number of nitrogens with one attached hydrogen (secondary N) is 1. The Labute approximate surface area is 165 Å². The van der Waals surface area contributed by atoms with Gasteiger partial charge < -0.3 is 31.2 Å². The summed E-state index contributed by atoms with van der Waals surface area (Å²) in [6, 6.07) is 18.0. The van der Waals surface area contributed by atoms with E-state index >= 15 is 0 Å². The van der Waals surface area contributed by atoms with Crippen LogP contribution >= 0.6 is 0 Å². The molecule has 0 amide bonds. The Morgan fingerprint density at radius 3 is 2.24 bits per heavy atom. The van der Waals surface area contributed by atoms with Crippen molar-refractivity contribution in [2.24, 2.45) is 0 Å². The first-order valence-electron chi connectivity index (χ1n) is 8.92. The van der Waals surface area contributed by atoms with E-state index in [2.05, 4.69) is 17.1 Å². The van der Waals surface area contributed by atoms with Crippen LogP contribution in [0.4, 0.5) is 17.3 Å². The standard InChI is InChI=1S/C20H21NO3.BF4/c1-22-13-5-12-21-18-14-20(15-8-10-16(23-2)11-9-15)24-19-7-4-3-6-17(18)19;2-1(3,4)5/h3-4,6-11,14H,5,12-13H2,1-2H3;/q;-1/p+1.